The molecule has 3 aliphatic rings. The molecule has 1 aliphatic heterocycles. The third-order valence-corrected chi connectivity index (χ3v) is 9.70. The van der Waals surface area contributed by atoms with Crippen LogP contribution in [-0.4, -0.2) is 40.7 Å². The molecule has 0 atom stereocenters. The maximum atomic E-state index is 14.8. The first-order valence-corrected chi connectivity index (χ1v) is 14.9. The molecule has 0 unspecified atom stereocenters. The Morgan fingerprint density at radius 1 is 1.18 bits per heavy atom. The molecule has 0 bridgehead atoms. The van der Waals surface area contributed by atoms with E-state index in [0.717, 1.165) is 78.5 Å². The third-order valence-electron chi connectivity index (χ3n) is 8.64. The van der Waals surface area contributed by atoms with Gasteiger partial charge in [-0.15, -0.1) is 0 Å². The van der Waals surface area contributed by atoms with Crippen molar-refractivity contribution in [1.82, 2.24) is 20.4 Å². The molecule has 9 heteroatoms. The summed E-state index contributed by atoms with van der Waals surface area (Å²) in [5.74, 6) is 0.816. The second-order valence-electron chi connectivity index (χ2n) is 11.5. The van der Waals surface area contributed by atoms with Crippen molar-refractivity contribution in [2.45, 2.75) is 58.8 Å². The Balaban J connectivity index is 1.12. The first-order valence-electron chi connectivity index (χ1n) is 14.1. The summed E-state index contributed by atoms with van der Waals surface area (Å²) in [6.07, 6.45) is 11.7. The van der Waals surface area contributed by atoms with Gasteiger partial charge in [0.25, 0.3) is 5.91 Å². The Morgan fingerprint density at radius 3 is 2.58 bits per heavy atom. The molecule has 0 radical (unpaired) electrons. The highest BCUT2D eigenvalue weighted by atomic mass is 32.1. The summed E-state index contributed by atoms with van der Waals surface area (Å²) in [5, 5.41) is 8.16. The highest BCUT2D eigenvalue weighted by molar-refractivity contribution is 7.22. The zero-order valence-electron chi connectivity index (χ0n) is 23.0. The number of thiazole rings is 1. The van der Waals surface area contributed by atoms with Crippen molar-refractivity contribution in [3.8, 4) is 11.3 Å². The molecule has 40 heavy (non-hydrogen) atoms. The van der Waals surface area contributed by atoms with E-state index in [-0.39, 0.29) is 11.3 Å². The number of anilines is 1. The van der Waals surface area contributed by atoms with Crippen LogP contribution < -0.4 is 10.2 Å². The lowest BCUT2D eigenvalue weighted by Gasteiger charge is -2.46. The number of rotatable bonds is 6. The topological polar surface area (TPSA) is 84.2 Å². The summed E-state index contributed by atoms with van der Waals surface area (Å²) in [7, 11) is 0. The molecule has 1 aromatic carbocycles. The average Bonchev–Trinajstić information content (AvgIpc) is 3.52. The van der Waals surface area contributed by atoms with Gasteiger partial charge in [-0.05, 0) is 87.1 Å². The van der Waals surface area contributed by atoms with Gasteiger partial charge in [0.05, 0.1) is 4.70 Å². The van der Waals surface area contributed by atoms with Gasteiger partial charge in [0.1, 0.15) is 17.0 Å². The lowest BCUT2D eigenvalue weighted by atomic mass is 9.63. The number of aromatic nitrogens is 3. The molecule has 1 N–H and O–H groups in total. The molecule has 1 saturated heterocycles. The van der Waals surface area contributed by atoms with Crippen molar-refractivity contribution < 1.29 is 13.7 Å². The number of carbonyl (C=O) groups is 1. The number of pyridine rings is 1. The molecule has 2 fully saturated rings. The van der Waals surface area contributed by atoms with Crippen LogP contribution in [-0.2, 0) is 0 Å². The van der Waals surface area contributed by atoms with Gasteiger partial charge in [0.15, 0.2) is 10.9 Å². The minimum atomic E-state index is -0.447. The molecule has 2 aliphatic carbocycles. The first kappa shape index (κ1) is 25.4. The number of fused-ring (bicyclic) bond motifs is 1. The number of piperidine rings is 1. The Hall–Kier alpha value is -3.59. The summed E-state index contributed by atoms with van der Waals surface area (Å²) < 4.78 is 21.5. The first-order chi connectivity index (χ1) is 19.4. The number of hydrogen-bond acceptors (Lipinski definition) is 7. The summed E-state index contributed by atoms with van der Waals surface area (Å²) in [5.41, 5.74) is 7.72. The number of halogens is 1. The predicted molar refractivity (Wildman–Crippen MR) is 155 cm³/mol. The van der Waals surface area contributed by atoms with Gasteiger partial charge in [0, 0.05) is 54.6 Å². The van der Waals surface area contributed by atoms with E-state index >= 15 is 0 Å². The van der Waals surface area contributed by atoms with Gasteiger partial charge in [-0.25, -0.2) is 9.37 Å². The van der Waals surface area contributed by atoms with Gasteiger partial charge in [-0.2, -0.15) is 0 Å². The molecule has 7 nitrogen and oxygen atoms in total. The number of nitrogens with zero attached hydrogens (tertiary/aromatic N) is 4. The summed E-state index contributed by atoms with van der Waals surface area (Å²) in [4.78, 5) is 23.5. The summed E-state index contributed by atoms with van der Waals surface area (Å²) in [6, 6.07) is 3.03. The van der Waals surface area contributed by atoms with E-state index in [1.54, 1.807) is 6.07 Å². The van der Waals surface area contributed by atoms with Crippen molar-refractivity contribution >= 4 is 38.2 Å². The van der Waals surface area contributed by atoms with E-state index in [2.05, 4.69) is 45.3 Å². The van der Waals surface area contributed by atoms with Crippen molar-refractivity contribution in [2.75, 3.05) is 24.5 Å². The lowest BCUT2D eigenvalue weighted by Crippen LogP contribution is -2.42. The molecule has 3 aromatic heterocycles. The molecule has 4 heterocycles. The lowest BCUT2D eigenvalue weighted by molar-refractivity contribution is 0.0955. The van der Waals surface area contributed by atoms with Crippen LogP contribution >= 0.6 is 11.3 Å². The Morgan fingerprint density at radius 2 is 1.90 bits per heavy atom. The number of nitrogens with one attached hydrogen (secondary N) is 1. The fourth-order valence-electron chi connectivity index (χ4n) is 6.33. The number of aryl methyl sites for hydroxylation is 2. The van der Waals surface area contributed by atoms with Gasteiger partial charge in [-0.1, -0.05) is 22.6 Å². The molecule has 1 saturated carbocycles. The average molecular weight is 558 g/mol. The van der Waals surface area contributed by atoms with E-state index in [1.807, 2.05) is 19.3 Å². The molecule has 1 amide bonds. The largest absolute Gasteiger partial charge is 0.360 e. The third kappa shape index (κ3) is 4.22. The fraction of sp³-hybridized carbons (Fsp3) is 0.419. The van der Waals surface area contributed by atoms with Gasteiger partial charge in [0.2, 0.25) is 0 Å². The Kier molecular flexibility index (Phi) is 6.03. The summed E-state index contributed by atoms with van der Waals surface area (Å²) in [6.45, 7) is 8.26. The van der Waals surface area contributed by atoms with Crippen molar-refractivity contribution in [3.63, 3.8) is 0 Å². The number of allylic oxidation sites excluding steroid dienone is 2. The zero-order chi connectivity index (χ0) is 27.6. The quantitative estimate of drug-likeness (QED) is 0.281. The van der Waals surface area contributed by atoms with Crippen molar-refractivity contribution in [2.24, 2.45) is 5.41 Å². The summed E-state index contributed by atoms with van der Waals surface area (Å²) >= 11 is 1.46. The van der Waals surface area contributed by atoms with Crippen LogP contribution in [0.25, 0.3) is 27.0 Å². The minimum absolute atomic E-state index is 0.164. The van der Waals surface area contributed by atoms with Crippen LogP contribution in [0, 0.1) is 25.1 Å². The highest BCUT2D eigenvalue weighted by Gasteiger charge is 2.44. The van der Waals surface area contributed by atoms with Crippen LogP contribution in [0.3, 0.4) is 0 Å². The molecular weight excluding hydrogens is 525 g/mol. The Labute approximate surface area is 236 Å². The van der Waals surface area contributed by atoms with Crippen LogP contribution in [0.4, 0.5) is 9.52 Å². The van der Waals surface area contributed by atoms with E-state index in [1.165, 1.54) is 28.5 Å². The standard InChI is InChI=1S/C31H32FN5O2S/c1-4-34-29(38)20-11-22(32)26-23(12-20)40-30(35-26)37-9-7-31(8-10-37)13-21(14-31)25-27(36-39-28(25)19-5-6-19)24-17(2)15-33-16-18(24)3/h11-13,15-16,19H,4-10,14H2,1-3H3,(H,34,38). The van der Waals surface area contributed by atoms with Crippen molar-refractivity contribution in [3.05, 3.63) is 64.4 Å². The second kappa shape index (κ2) is 9.51. The predicted octanol–water partition coefficient (Wildman–Crippen LogP) is 6.80. The second-order valence-corrected chi connectivity index (χ2v) is 12.6. The van der Waals surface area contributed by atoms with Crippen LogP contribution in [0.1, 0.15) is 77.8 Å². The van der Waals surface area contributed by atoms with Crippen LogP contribution in [0.15, 0.2) is 35.1 Å². The van der Waals surface area contributed by atoms with Crippen molar-refractivity contribution in [1.29, 1.82) is 0 Å². The number of carbonyl (C=O) groups excluding carboxylic acids is 1. The van der Waals surface area contributed by atoms with Crippen LogP contribution in [0.2, 0.25) is 0 Å². The van der Waals surface area contributed by atoms with E-state index in [0.29, 0.717) is 28.2 Å². The fourth-order valence-corrected chi connectivity index (χ4v) is 7.40. The van der Waals surface area contributed by atoms with Gasteiger partial charge >= 0.3 is 0 Å². The monoisotopic (exact) mass is 557 g/mol. The highest BCUT2D eigenvalue weighted by Crippen LogP contribution is 2.56. The maximum Gasteiger partial charge on any atom is 0.251 e. The smallest absolute Gasteiger partial charge is 0.251 e. The molecule has 4 aromatic rings. The van der Waals surface area contributed by atoms with E-state index < -0.39 is 5.82 Å². The van der Waals surface area contributed by atoms with E-state index in [9.17, 15) is 9.18 Å². The zero-order valence-corrected chi connectivity index (χ0v) is 23.8. The number of amides is 1. The Bertz CT molecular complexity index is 1660. The maximum absolute atomic E-state index is 14.8. The van der Waals surface area contributed by atoms with Gasteiger partial charge in [-0.3, -0.25) is 9.78 Å². The SMILES string of the molecule is CCNC(=O)c1cc(F)c2nc(N3CCC4(C=C(c5c(-c6c(C)cncc6C)noc5C5CC5)C4)CC3)sc2c1. The molecule has 1 spiro atoms. The minimum Gasteiger partial charge on any atom is -0.360 e. The molecule has 206 valence electrons. The molecule has 7 rings (SSSR count). The normalized spacial score (nSPS) is 18.2. The molecular formula is C31H32FN5O2S. The van der Waals surface area contributed by atoms with E-state index in [4.69, 9.17) is 4.52 Å². The number of benzene rings is 1. The van der Waals surface area contributed by atoms with Crippen LogP contribution in [0.5, 0.6) is 0 Å². The number of hydrogen-bond donors (Lipinski definition) is 1. The van der Waals surface area contributed by atoms with Gasteiger partial charge < -0.3 is 14.7 Å².